The highest BCUT2D eigenvalue weighted by atomic mass is 127. The van der Waals surface area contributed by atoms with Crippen LogP contribution in [0.4, 0.5) is 0 Å². The van der Waals surface area contributed by atoms with Crippen molar-refractivity contribution in [3.8, 4) is 0 Å². The van der Waals surface area contributed by atoms with Gasteiger partial charge in [0.1, 0.15) is 0 Å². The molecule has 1 heterocycles. The molecule has 0 fully saturated rings. The Bertz CT molecular complexity index is 517. The first-order valence-corrected chi connectivity index (χ1v) is 6.98. The number of hydrogen-bond acceptors (Lipinski definition) is 2. The zero-order valence-electron chi connectivity index (χ0n) is 10.6. The summed E-state index contributed by atoms with van der Waals surface area (Å²) in [5, 5.41) is 1.84. The Morgan fingerprint density at radius 3 is 2.56 bits per heavy atom. The first kappa shape index (κ1) is 13.4. The molecule has 0 bridgehead atoms. The molecule has 0 amide bonds. The smallest absolute Gasteiger partial charge is 0.0797 e. The van der Waals surface area contributed by atoms with Crippen LogP contribution < -0.4 is 0 Å². The molecule has 1 aromatic rings. The van der Waals surface area contributed by atoms with Crippen molar-refractivity contribution in [2.45, 2.75) is 13.8 Å². The van der Waals surface area contributed by atoms with Gasteiger partial charge in [0.15, 0.2) is 0 Å². The minimum atomic E-state index is 0.618. The van der Waals surface area contributed by atoms with Crippen molar-refractivity contribution in [2.24, 2.45) is 0 Å². The molecule has 1 aliphatic heterocycles. The largest absolute Gasteiger partial charge is 0.269 e. The molecular weight excluding hydrogens is 337 g/mol. The Morgan fingerprint density at radius 2 is 1.94 bits per heavy atom. The molecular formula is C15H16INO. The molecule has 2 rings (SSSR count). The van der Waals surface area contributed by atoms with Gasteiger partial charge in [-0.05, 0) is 48.1 Å². The fourth-order valence-corrected chi connectivity index (χ4v) is 2.63. The molecule has 0 unspecified atom stereocenters. The van der Waals surface area contributed by atoms with Gasteiger partial charge in [0.05, 0.1) is 18.0 Å². The maximum absolute atomic E-state index is 5.73. The molecule has 0 saturated carbocycles. The highest BCUT2D eigenvalue weighted by Crippen LogP contribution is 2.37. The highest BCUT2D eigenvalue weighted by molar-refractivity contribution is 14.1. The topological polar surface area (TPSA) is 12.5 Å². The third-order valence-corrected chi connectivity index (χ3v) is 3.68. The standard InChI is InChI=1S/C15H16INO/c1-4-18-17-12(3)14(16)10-11(2)15(17)13-8-6-5-7-9-13/h5-10H,3-4H2,1-2H3. The SMILES string of the molecule is C=C1C(I)=CC(C)=C(c2ccccc2)N1OCC. The minimum Gasteiger partial charge on any atom is -0.269 e. The molecule has 0 aliphatic carbocycles. The van der Waals surface area contributed by atoms with Crippen molar-refractivity contribution in [3.63, 3.8) is 0 Å². The van der Waals surface area contributed by atoms with Crippen LogP contribution in [0.1, 0.15) is 19.4 Å². The van der Waals surface area contributed by atoms with Crippen molar-refractivity contribution < 1.29 is 4.84 Å². The van der Waals surface area contributed by atoms with E-state index < -0.39 is 0 Å². The van der Waals surface area contributed by atoms with E-state index in [0.717, 1.165) is 20.5 Å². The Balaban J connectivity index is 2.52. The summed E-state index contributed by atoms with van der Waals surface area (Å²) in [6.07, 6.45) is 2.14. The molecule has 3 heteroatoms. The van der Waals surface area contributed by atoms with Crippen LogP contribution in [0.3, 0.4) is 0 Å². The highest BCUT2D eigenvalue weighted by Gasteiger charge is 2.23. The number of nitrogens with zero attached hydrogens (tertiary/aromatic N) is 1. The normalized spacial score (nSPS) is 16.1. The van der Waals surface area contributed by atoms with Crippen LogP contribution in [0.5, 0.6) is 0 Å². The third kappa shape index (κ3) is 2.52. The van der Waals surface area contributed by atoms with Crippen LogP contribution in [0.2, 0.25) is 0 Å². The van der Waals surface area contributed by atoms with Gasteiger partial charge in [-0.3, -0.25) is 4.84 Å². The lowest BCUT2D eigenvalue weighted by Gasteiger charge is -2.32. The maximum atomic E-state index is 5.73. The Morgan fingerprint density at radius 1 is 1.28 bits per heavy atom. The average molecular weight is 353 g/mol. The number of halogens is 1. The predicted octanol–water partition coefficient (Wildman–Crippen LogP) is 4.52. The lowest BCUT2D eigenvalue weighted by molar-refractivity contribution is -0.0729. The maximum Gasteiger partial charge on any atom is 0.0797 e. The van der Waals surface area contributed by atoms with Gasteiger partial charge in [0.25, 0.3) is 0 Å². The van der Waals surface area contributed by atoms with Gasteiger partial charge in [-0.15, -0.1) is 0 Å². The van der Waals surface area contributed by atoms with Crippen LogP contribution in [0, 0.1) is 0 Å². The molecule has 0 N–H and O–H groups in total. The van der Waals surface area contributed by atoms with E-state index in [0.29, 0.717) is 6.61 Å². The second-order valence-corrected chi connectivity index (χ2v) is 5.21. The van der Waals surface area contributed by atoms with Crippen molar-refractivity contribution in [1.29, 1.82) is 0 Å². The molecule has 0 atom stereocenters. The summed E-state index contributed by atoms with van der Waals surface area (Å²) in [5.41, 5.74) is 4.29. The predicted molar refractivity (Wildman–Crippen MR) is 83.7 cm³/mol. The molecule has 94 valence electrons. The quantitative estimate of drug-likeness (QED) is 0.741. The first-order valence-electron chi connectivity index (χ1n) is 5.91. The van der Waals surface area contributed by atoms with E-state index in [4.69, 9.17) is 4.84 Å². The molecule has 2 nitrogen and oxygen atoms in total. The van der Waals surface area contributed by atoms with E-state index in [-0.39, 0.29) is 0 Å². The summed E-state index contributed by atoms with van der Waals surface area (Å²) in [6.45, 7) is 8.79. The Hall–Kier alpha value is -1.07. The van der Waals surface area contributed by atoms with Crippen molar-refractivity contribution in [1.82, 2.24) is 5.06 Å². The second kappa shape index (κ2) is 5.71. The number of rotatable bonds is 3. The van der Waals surface area contributed by atoms with Crippen molar-refractivity contribution in [2.75, 3.05) is 6.61 Å². The molecule has 0 saturated heterocycles. The summed E-state index contributed by atoms with van der Waals surface area (Å²) in [7, 11) is 0. The van der Waals surface area contributed by atoms with Gasteiger partial charge in [-0.25, -0.2) is 5.06 Å². The van der Waals surface area contributed by atoms with E-state index in [1.807, 2.05) is 30.2 Å². The fourth-order valence-electron chi connectivity index (χ4n) is 1.95. The number of benzene rings is 1. The average Bonchev–Trinajstić information content (AvgIpc) is 2.37. The molecule has 1 aliphatic rings. The van der Waals surface area contributed by atoms with Gasteiger partial charge in [0, 0.05) is 9.14 Å². The summed E-state index contributed by atoms with van der Waals surface area (Å²) in [4.78, 5) is 5.73. The number of hydrogen-bond donors (Lipinski definition) is 0. The van der Waals surface area contributed by atoms with E-state index >= 15 is 0 Å². The first-order chi connectivity index (χ1) is 8.65. The second-order valence-electron chi connectivity index (χ2n) is 4.05. The van der Waals surface area contributed by atoms with Gasteiger partial charge in [0.2, 0.25) is 0 Å². The van der Waals surface area contributed by atoms with Gasteiger partial charge < -0.3 is 0 Å². The zero-order chi connectivity index (χ0) is 13.1. The van der Waals surface area contributed by atoms with E-state index in [1.54, 1.807) is 0 Å². The fraction of sp³-hybridized carbons (Fsp3) is 0.200. The van der Waals surface area contributed by atoms with Crippen LogP contribution >= 0.6 is 22.6 Å². The monoisotopic (exact) mass is 353 g/mol. The van der Waals surface area contributed by atoms with E-state index in [1.165, 1.54) is 5.57 Å². The van der Waals surface area contributed by atoms with Crippen molar-refractivity contribution in [3.05, 3.63) is 63.4 Å². The van der Waals surface area contributed by atoms with Gasteiger partial charge >= 0.3 is 0 Å². The van der Waals surface area contributed by atoms with Crippen LogP contribution in [0.15, 0.2) is 57.8 Å². The number of allylic oxidation sites excluding steroid dienone is 3. The summed E-state index contributed by atoms with van der Waals surface area (Å²) in [5.74, 6) is 0. The minimum absolute atomic E-state index is 0.618. The number of hydroxylamine groups is 2. The van der Waals surface area contributed by atoms with E-state index in [9.17, 15) is 0 Å². The molecule has 0 aromatic heterocycles. The lowest BCUT2D eigenvalue weighted by atomic mass is 10.0. The summed E-state index contributed by atoms with van der Waals surface area (Å²) in [6, 6.07) is 10.3. The molecule has 18 heavy (non-hydrogen) atoms. The lowest BCUT2D eigenvalue weighted by Crippen LogP contribution is -2.25. The van der Waals surface area contributed by atoms with E-state index in [2.05, 4.69) is 54.3 Å². The molecule has 1 aromatic carbocycles. The summed E-state index contributed by atoms with van der Waals surface area (Å²) < 4.78 is 1.11. The van der Waals surface area contributed by atoms with Gasteiger partial charge in [-0.2, -0.15) is 0 Å². The Labute approximate surface area is 122 Å². The molecule has 0 spiro atoms. The zero-order valence-corrected chi connectivity index (χ0v) is 12.8. The van der Waals surface area contributed by atoms with Crippen molar-refractivity contribution >= 4 is 28.3 Å². The van der Waals surface area contributed by atoms with Crippen LogP contribution in [-0.2, 0) is 4.84 Å². The summed E-state index contributed by atoms with van der Waals surface area (Å²) >= 11 is 2.29. The van der Waals surface area contributed by atoms with Crippen LogP contribution in [0.25, 0.3) is 5.70 Å². The molecule has 0 radical (unpaired) electrons. The Kier molecular flexibility index (Phi) is 4.24. The van der Waals surface area contributed by atoms with Crippen LogP contribution in [-0.4, -0.2) is 11.7 Å². The van der Waals surface area contributed by atoms with Gasteiger partial charge in [-0.1, -0.05) is 36.9 Å². The third-order valence-electron chi connectivity index (χ3n) is 2.75.